The Morgan fingerprint density at radius 2 is 2.33 bits per heavy atom. The van der Waals surface area contributed by atoms with E-state index in [1.54, 1.807) is 7.11 Å². The lowest BCUT2D eigenvalue weighted by Crippen LogP contribution is -2.40. The molecule has 1 aromatic heterocycles. The number of nitrogens with zero attached hydrogens (tertiary/aromatic N) is 3. The van der Waals surface area contributed by atoms with Gasteiger partial charge in [-0.1, -0.05) is 6.42 Å². The highest BCUT2D eigenvalue weighted by molar-refractivity contribution is 5.66. The summed E-state index contributed by atoms with van der Waals surface area (Å²) in [7, 11) is 3.72. The first-order chi connectivity index (χ1) is 8.72. The molecule has 1 aromatic rings. The number of hydrogen-bond donors (Lipinski definition) is 2. The number of ether oxygens (including phenoxy) is 1. The average molecular weight is 251 g/mol. The van der Waals surface area contributed by atoms with Crippen LogP contribution < -0.4 is 15.8 Å². The van der Waals surface area contributed by atoms with Crippen LogP contribution in [0.5, 0.6) is 5.88 Å². The van der Waals surface area contributed by atoms with Crippen molar-refractivity contribution < 1.29 is 4.74 Å². The van der Waals surface area contributed by atoms with Gasteiger partial charge < -0.3 is 20.7 Å². The molecule has 18 heavy (non-hydrogen) atoms. The van der Waals surface area contributed by atoms with Crippen LogP contribution in [0, 0.1) is 0 Å². The van der Waals surface area contributed by atoms with Gasteiger partial charge in [0.05, 0.1) is 7.11 Å². The average Bonchev–Trinajstić information content (AvgIpc) is 2.39. The summed E-state index contributed by atoms with van der Waals surface area (Å²) in [5.74, 6) is 1.07. The number of nitrogen functional groups attached to an aromatic ring is 1. The second kappa shape index (κ2) is 5.86. The van der Waals surface area contributed by atoms with E-state index in [9.17, 15) is 0 Å². The molecule has 1 saturated heterocycles. The van der Waals surface area contributed by atoms with Gasteiger partial charge in [-0.05, 0) is 26.4 Å². The molecule has 100 valence electrons. The van der Waals surface area contributed by atoms with Gasteiger partial charge in [-0.2, -0.15) is 4.98 Å². The molecule has 1 fully saturated rings. The molecule has 2 heterocycles. The lowest BCUT2D eigenvalue weighted by molar-refractivity contribution is 0.194. The van der Waals surface area contributed by atoms with E-state index in [1.807, 2.05) is 0 Å². The van der Waals surface area contributed by atoms with Gasteiger partial charge >= 0.3 is 0 Å². The van der Waals surface area contributed by atoms with Crippen LogP contribution in [0.2, 0.25) is 0 Å². The van der Waals surface area contributed by atoms with E-state index in [-0.39, 0.29) is 0 Å². The SMILES string of the molecule is COc1ncnc(NCC2CCCCN2C)c1N. The lowest BCUT2D eigenvalue weighted by atomic mass is 10.0. The fraction of sp³-hybridized carbons (Fsp3) is 0.667. The Morgan fingerprint density at radius 3 is 3.06 bits per heavy atom. The Kier molecular flexibility index (Phi) is 4.19. The van der Waals surface area contributed by atoms with Crippen molar-refractivity contribution in [2.75, 3.05) is 38.3 Å². The van der Waals surface area contributed by atoms with Gasteiger partial charge in [-0.3, -0.25) is 0 Å². The number of nitrogens with two attached hydrogens (primary N) is 1. The second-order valence-corrected chi connectivity index (χ2v) is 4.66. The van der Waals surface area contributed by atoms with Crippen LogP contribution in [0.1, 0.15) is 19.3 Å². The lowest BCUT2D eigenvalue weighted by Gasteiger charge is -2.32. The first kappa shape index (κ1) is 12.9. The van der Waals surface area contributed by atoms with E-state index < -0.39 is 0 Å². The molecule has 6 nitrogen and oxygen atoms in total. The number of hydrogen-bond acceptors (Lipinski definition) is 6. The molecule has 0 aromatic carbocycles. The smallest absolute Gasteiger partial charge is 0.242 e. The van der Waals surface area contributed by atoms with Crippen molar-refractivity contribution in [1.29, 1.82) is 0 Å². The molecular formula is C12H21N5O. The predicted octanol–water partition coefficient (Wildman–Crippen LogP) is 0.964. The molecule has 1 aliphatic rings. The monoisotopic (exact) mass is 251 g/mol. The number of nitrogens with one attached hydrogen (secondary N) is 1. The first-order valence-electron chi connectivity index (χ1n) is 6.31. The van der Waals surface area contributed by atoms with Gasteiger partial charge in [0.15, 0.2) is 5.82 Å². The Morgan fingerprint density at radius 1 is 1.50 bits per heavy atom. The first-order valence-corrected chi connectivity index (χ1v) is 6.31. The molecule has 0 bridgehead atoms. The van der Waals surface area contributed by atoms with Crippen molar-refractivity contribution in [3.05, 3.63) is 6.33 Å². The highest BCUT2D eigenvalue weighted by Gasteiger charge is 2.19. The molecule has 2 rings (SSSR count). The predicted molar refractivity (Wildman–Crippen MR) is 71.8 cm³/mol. The van der Waals surface area contributed by atoms with E-state index in [1.165, 1.54) is 25.6 Å². The third-order valence-corrected chi connectivity index (χ3v) is 3.47. The topological polar surface area (TPSA) is 76.3 Å². The maximum atomic E-state index is 5.92. The van der Waals surface area contributed by atoms with Crippen LogP contribution in [-0.2, 0) is 0 Å². The van der Waals surface area contributed by atoms with Crippen LogP contribution in [0.15, 0.2) is 6.33 Å². The van der Waals surface area contributed by atoms with Crippen LogP contribution in [0.4, 0.5) is 11.5 Å². The largest absolute Gasteiger partial charge is 0.479 e. The zero-order chi connectivity index (χ0) is 13.0. The van der Waals surface area contributed by atoms with Gasteiger partial charge in [0, 0.05) is 12.6 Å². The second-order valence-electron chi connectivity index (χ2n) is 4.66. The molecule has 1 aliphatic heterocycles. The number of aromatic nitrogens is 2. The van der Waals surface area contributed by atoms with Crippen LogP contribution in [-0.4, -0.2) is 48.2 Å². The zero-order valence-electron chi connectivity index (χ0n) is 11.0. The molecule has 1 unspecified atom stereocenters. The fourth-order valence-corrected chi connectivity index (χ4v) is 2.30. The summed E-state index contributed by atoms with van der Waals surface area (Å²) in [6, 6.07) is 0.541. The summed E-state index contributed by atoms with van der Waals surface area (Å²) >= 11 is 0. The minimum absolute atomic E-state index is 0.421. The van der Waals surface area contributed by atoms with E-state index in [0.29, 0.717) is 23.4 Å². The van der Waals surface area contributed by atoms with E-state index in [2.05, 4.69) is 27.2 Å². The van der Waals surface area contributed by atoms with E-state index in [4.69, 9.17) is 10.5 Å². The number of piperidine rings is 1. The molecular weight excluding hydrogens is 230 g/mol. The van der Waals surface area contributed by atoms with E-state index >= 15 is 0 Å². The van der Waals surface area contributed by atoms with Gasteiger partial charge in [0.1, 0.15) is 12.0 Å². The molecule has 0 amide bonds. The number of likely N-dealkylation sites (N-methyl/N-ethyl adjacent to an activating group) is 1. The standard InChI is InChI=1S/C12H21N5O/c1-17-6-4-3-5-9(17)7-14-11-10(13)12(18-2)16-8-15-11/h8-9H,3-7,13H2,1-2H3,(H,14,15,16). The molecule has 3 N–H and O–H groups in total. The number of methoxy groups -OCH3 is 1. The molecule has 6 heteroatoms. The minimum Gasteiger partial charge on any atom is -0.479 e. The summed E-state index contributed by atoms with van der Waals surface area (Å²) in [5, 5.41) is 3.29. The van der Waals surface area contributed by atoms with E-state index in [0.717, 1.165) is 13.1 Å². The van der Waals surface area contributed by atoms with Crippen LogP contribution in [0.25, 0.3) is 0 Å². The molecule has 1 atom stereocenters. The van der Waals surface area contributed by atoms with Gasteiger partial charge in [-0.15, -0.1) is 0 Å². The molecule has 0 saturated carbocycles. The fourth-order valence-electron chi connectivity index (χ4n) is 2.30. The van der Waals surface area contributed by atoms with Crippen molar-refractivity contribution in [3.8, 4) is 5.88 Å². The van der Waals surface area contributed by atoms with Crippen LogP contribution >= 0.6 is 0 Å². The number of likely N-dealkylation sites (tertiary alicyclic amines) is 1. The zero-order valence-corrected chi connectivity index (χ0v) is 11.0. The highest BCUT2D eigenvalue weighted by Crippen LogP contribution is 2.24. The summed E-state index contributed by atoms with van der Waals surface area (Å²) < 4.78 is 5.07. The van der Waals surface area contributed by atoms with Gasteiger partial charge in [-0.25, -0.2) is 4.98 Å². The quantitative estimate of drug-likeness (QED) is 0.830. The Bertz CT molecular complexity index is 398. The Hall–Kier alpha value is -1.56. The summed E-state index contributed by atoms with van der Waals surface area (Å²) in [6.45, 7) is 2.01. The maximum absolute atomic E-state index is 5.92. The molecule has 0 spiro atoms. The van der Waals surface area contributed by atoms with Crippen molar-refractivity contribution in [2.45, 2.75) is 25.3 Å². The number of anilines is 2. The normalized spacial score (nSPS) is 20.7. The summed E-state index contributed by atoms with van der Waals surface area (Å²) in [6.07, 6.45) is 5.25. The van der Waals surface area contributed by atoms with Crippen molar-refractivity contribution >= 4 is 11.5 Å². The minimum atomic E-state index is 0.421. The molecule has 0 aliphatic carbocycles. The third kappa shape index (κ3) is 2.81. The van der Waals surface area contributed by atoms with Crippen molar-refractivity contribution in [1.82, 2.24) is 14.9 Å². The van der Waals surface area contributed by atoms with Crippen LogP contribution in [0.3, 0.4) is 0 Å². The highest BCUT2D eigenvalue weighted by atomic mass is 16.5. The van der Waals surface area contributed by atoms with Gasteiger partial charge in [0.25, 0.3) is 0 Å². The number of rotatable bonds is 4. The maximum Gasteiger partial charge on any atom is 0.242 e. The van der Waals surface area contributed by atoms with Crippen molar-refractivity contribution in [3.63, 3.8) is 0 Å². The summed E-state index contributed by atoms with van der Waals surface area (Å²) in [5.41, 5.74) is 6.39. The summed E-state index contributed by atoms with van der Waals surface area (Å²) in [4.78, 5) is 10.5. The van der Waals surface area contributed by atoms with Gasteiger partial charge in [0.2, 0.25) is 5.88 Å². The Balaban J connectivity index is 1.97. The van der Waals surface area contributed by atoms with Crippen molar-refractivity contribution in [2.24, 2.45) is 0 Å². The molecule has 0 radical (unpaired) electrons. The third-order valence-electron chi connectivity index (χ3n) is 3.47. The Labute approximate surface area is 108 Å².